The van der Waals surface area contributed by atoms with Crippen molar-refractivity contribution in [2.24, 2.45) is 5.73 Å². The summed E-state index contributed by atoms with van der Waals surface area (Å²) in [6, 6.07) is 4.98. The van der Waals surface area contributed by atoms with Crippen LogP contribution in [-0.4, -0.2) is 48.6 Å². The molecule has 2 saturated heterocycles. The van der Waals surface area contributed by atoms with E-state index in [1.807, 2.05) is 4.90 Å². The molecule has 0 atom stereocenters. The molecule has 0 radical (unpaired) electrons. The van der Waals surface area contributed by atoms with Crippen molar-refractivity contribution >= 4 is 41.5 Å². The Balaban J connectivity index is 0.00000243. The predicted octanol–water partition coefficient (Wildman–Crippen LogP) is 2.83. The van der Waals surface area contributed by atoms with E-state index >= 15 is 0 Å². The molecular weight excluding hydrogens is 377 g/mol. The van der Waals surface area contributed by atoms with Crippen LogP contribution in [0.2, 0.25) is 5.02 Å². The number of hydrogen-bond donors (Lipinski definition) is 2. The number of carbonyl (C=O) groups excluding carboxylic acids is 2. The molecule has 1 aromatic rings. The van der Waals surface area contributed by atoms with Gasteiger partial charge in [-0.15, -0.1) is 12.4 Å². The molecule has 2 aliphatic heterocycles. The van der Waals surface area contributed by atoms with E-state index in [0.29, 0.717) is 42.3 Å². The van der Waals surface area contributed by atoms with Crippen molar-refractivity contribution in [2.45, 2.75) is 37.6 Å². The number of amides is 2. The van der Waals surface area contributed by atoms with E-state index < -0.39 is 5.54 Å². The molecule has 2 aliphatic rings. The smallest absolute Gasteiger partial charge is 0.255 e. The molecule has 2 fully saturated rings. The third-order valence-corrected chi connectivity index (χ3v) is 5.25. The maximum absolute atomic E-state index is 12.6. The molecule has 3 N–H and O–H groups in total. The Bertz CT molecular complexity index is 657. The van der Waals surface area contributed by atoms with E-state index in [4.69, 9.17) is 22.1 Å². The van der Waals surface area contributed by atoms with Gasteiger partial charge >= 0.3 is 0 Å². The number of carbonyl (C=O) groups is 2. The lowest BCUT2D eigenvalue weighted by molar-refractivity contribution is -0.124. The van der Waals surface area contributed by atoms with Gasteiger partial charge in [-0.1, -0.05) is 11.6 Å². The fourth-order valence-electron chi connectivity index (χ4n) is 3.25. The zero-order chi connectivity index (χ0) is 17.9. The number of ether oxygens (including phenoxy) is 1. The second-order valence-corrected chi connectivity index (χ2v) is 7.18. The molecule has 0 bridgehead atoms. The first kappa shape index (κ1) is 21.0. The van der Waals surface area contributed by atoms with Crippen molar-refractivity contribution in [2.75, 3.05) is 31.6 Å². The molecule has 1 aromatic carbocycles. The van der Waals surface area contributed by atoms with Gasteiger partial charge in [-0.3, -0.25) is 9.59 Å². The number of anilines is 1. The third-order valence-electron chi connectivity index (χ3n) is 4.94. The molecule has 0 spiro atoms. The van der Waals surface area contributed by atoms with Crippen LogP contribution in [0.3, 0.4) is 0 Å². The van der Waals surface area contributed by atoms with Crippen molar-refractivity contribution in [3.8, 4) is 0 Å². The van der Waals surface area contributed by atoms with Gasteiger partial charge in [-0.05, 0) is 50.3 Å². The third kappa shape index (κ3) is 4.68. The van der Waals surface area contributed by atoms with E-state index in [0.717, 1.165) is 32.4 Å². The summed E-state index contributed by atoms with van der Waals surface area (Å²) in [4.78, 5) is 26.9. The van der Waals surface area contributed by atoms with Gasteiger partial charge in [0.2, 0.25) is 5.91 Å². The second-order valence-electron chi connectivity index (χ2n) is 6.77. The first-order valence-corrected chi connectivity index (χ1v) is 9.14. The Morgan fingerprint density at radius 3 is 2.42 bits per heavy atom. The van der Waals surface area contributed by atoms with Crippen LogP contribution in [0.15, 0.2) is 18.2 Å². The molecule has 0 aromatic heterocycles. The molecule has 26 heavy (non-hydrogen) atoms. The van der Waals surface area contributed by atoms with E-state index in [2.05, 4.69) is 5.32 Å². The zero-order valence-electron chi connectivity index (χ0n) is 14.6. The molecule has 2 amide bonds. The number of benzene rings is 1. The fraction of sp³-hybridized carbons (Fsp3) is 0.556. The number of nitrogens with zero attached hydrogens (tertiary/aromatic N) is 1. The number of nitrogens with one attached hydrogen (secondary N) is 1. The lowest BCUT2D eigenvalue weighted by Gasteiger charge is -2.31. The number of hydrogen-bond acceptors (Lipinski definition) is 4. The van der Waals surface area contributed by atoms with Gasteiger partial charge in [-0.2, -0.15) is 0 Å². The van der Waals surface area contributed by atoms with Gasteiger partial charge in [0.05, 0.1) is 10.6 Å². The molecule has 0 saturated carbocycles. The quantitative estimate of drug-likeness (QED) is 0.815. The molecule has 6 nitrogen and oxygen atoms in total. The van der Waals surface area contributed by atoms with Crippen molar-refractivity contribution in [3.05, 3.63) is 28.8 Å². The molecule has 144 valence electrons. The van der Waals surface area contributed by atoms with Crippen molar-refractivity contribution in [3.63, 3.8) is 0 Å². The van der Waals surface area contributed by atoms with Crippen LogP contribution >= 0.6 is 24.0 Å². The van der Waals surface area contributed by atoms with E-state index in [9.17, 15) is 9.59 Å². The van der Waals surface area contributed by atoms with Gasteiger partial charge in [0, 0.05) is 32.0 Å². The second kappa shape index (κ2) is 9.04. The van der Waals surface area contributed by atoms with Crippen LogP contribution in [-0.2, 0) is 9.53 Å². The topological polar surface area (TPSA) is 84.7 Å². The number of likely N-dealkylation sites (tertiary alicyclic amines) is 1. The van der Waals surface area contributed by atoms with Crippen molar-refractivity contribution < 1.29 is 14.3 Å². The highest BCUT2D eigenvalue weighted by Gasteiger charge is 2.36. The average Bonchev–Trinajstić information content (AvgIpc) is 2.63. The monoisotopic (exact) mass is 401 g/mol. The predicted molar refractivity (Wildman–Crippen MR) is 104 cm³/mol. The minimum absolute atomic E-state index is 0. The Morgan fingerprint density at radius 2 is 1.81 bits per heavy atom. The molecular formula is C18H25Cl2N3O3. The number of nitrogens with two attached hydrogens (primary N) is 1. The van der Waals surface area contributed by atoms with Crippen LogP contribution in [0.4, 0.5) is 5.69 Å². The number of halogens is 2. The van der Waals surface area contributed by atoms with Gasteiger partial charge in [0.1, 0.15) is 5.54 Å². The molecule has 0 aliphatic carbocycles. The summed E-state index contributed by atoms with van der Waals surface area (Å²) < 4.78 is 5.26. The highest BCUT2D eigenvalue weighted by molar-refractivity contribution is 6.34. The highest BCUT2D eigenvalue weighted by atomic mass is 35.5. The molecule has 2 heterocycles. The summed E-state index contributed by atoms with van der Waals surface area (Å²) in [5, 5.41) is 3.15. The SMILES string of the molecule is Cl.NC1(C(=O)Nc2ccc(C(=O)N3CCCCC3)c(Cl)c2)CCOCC1. The first-order chi connectivity index (χ1) is 12.0. The minimum atomic E-state index is -0.924. The standard InChI is InChI=1S/C18H24ClN3O3.ClH/c19-15-12-13(21-17(24)18(20)6-10-25-11-7-18)4-5-14(15)16(23)22-8-2-1-3-9-22;/h4-5,12H,1-3,6-11,20H2,(H,21,24);1H. The normalized spacial score (nSPS) is 19.4. The van der Waals surface area contributed by atoms with Crippen molar-refractivity contribution in [1.82, 2.24) is 4.90 Å². The lowest BCUT2D eigenvalue weighted by atomic mass is 9.90. The van der Waals surface area contributed by atoms with Gasteiger partial charge in [0.15, 0.2) is 0 Å². The Morgan fingerprint density at radius 1 is 1.15 bits per heavy atom. The summed E-state index contributed by atoms with van der Waals surface area (Å²) in [6.07, 6.45) is 4.18. The Labute approximate surface area is 164 Å². The van der Waals surface area contributed by atoms with Crippen LogP contribution < -0.4 is 11.1 Å². The molecule has 8 heteroatoms. The molecule has 3 rings (SSSR count). The number of rotatable bonds is 3. The fourth-order valence-corrected chi connectivity index (χ4v) is 3.51. The van der Waals surface area contributed by atoms with E-state index in [-0.39, 0.29) is 24.2 Å². The van der Waals surface area contributed by atoms with Crippen LogP contribution in [0, 0.1) is 0 Å². The van der Waals surface area contributed by atoms with E-state index in [1.54, 1.807) is 18.2 Å². The summed E-state index contributed by atoms with van der Waals surface area (Å²) in [6.45, 7) is 2.50. The van der Waals surface area contributed by atoms with Gasteiger partial charge in [-0.25, -0.2) is 0 Å². The Hall–Kier alpha value is -1.34. The van der Waals surface area contributed by atoms with E-state index in [1.165, 1.54) is 0 Å². The number of piperidine rings is 1. The van der Waals surface area contributed by atoms with Gasteiger partial charge in [0.25, 0.3) is 5.91 Å². The Kier molecular flexibility index (Phi) is 7.29. The zero-order valence-corrected chi connectivity index (χ0v) is 16.2. The summed E-state index contributed by atoms with van der Waals surface area (Å²) in [5.74, 6) is -0.302. The summed E-state index contributed by atoms with van der Waals surface area (Å²) >= 11 is 6.30. The lowest BCUT2D eigenvalue weighted by Crippen LogP contribution is -2.54. The van der Waals surface area contributed by atoms with Crippen LogP contribution in [0.25, 0.3) is 0 Å². The minimum Gasteiger partial charge on any atom is -0.381 e. The first-order valence-electron chi connectivity index (χ1n) is 8.76. The summed E-state index contributed by atoms with van der Waals surface area (Å²) in [5.41, 5.74) is 6.27. The van der Waals surface area contributed by atoms with Gasteiger partial charge < -0.3 is 20.7 Å². The van der Waals surface area contributed by atoms with Crippen molar-refractivity contribution in [1.29, 1.82) is 0 Å². The maximum Gasteiger partial charge on any atom is 0.255 e. The highest BCUT2D eigenvalue weighted by Crippen LogP contribution is 2.25. The average molecular weight is 402 g/mol. The van der Waals surface area contributed by atoms with Crippen LogP contribution in [0.5, 0.6) is 0 Å². The van der Waals surface area contributed by atoms with Crippen LogP contribution in [0.1, 0.15) is 42.5 Å². The summed E-state index contributed by atoms with van der Waals surface area (Å²) in [7, 11) is 0. The maximum atomic E-state index is 12.6. The molecule has 0 unspecified atom stereocenters. The largest absolute Gasteiger partial charge is 0.381 e.